The van der Waals surface area contributed by atoms with Crippen LogP contribution in [0.1, 0.15) is 32.0 Å². The van der Waals surface area contributed by atoms with Crippen molar-refractivity contribution in [1.29, 1.82) is 0 Å². The highest BCUT2D eigenvalue weighted by Gasteiger charge is 2.26. The van der Waals surface area contributed by atoms with Crippen LogP contribution in [0, 0.1) is 6.92 Å². The fourth-order valence-electron chi connectivity index (χ4n) is 2.82. The Morgan fingerprint density at radius 3 is 2.35 bits per heavy atom. The Hall–Kier alpha value is -2.45. The molecule has 9 heteroatoms. The number of carbonyl (C=O) groups is 1. The van der Waals surface area contributed by atoms with Crippen molar-refractivity contribution in [3.05, 3.63) is 11.3 Å². The molecule has 0 spiro atoms. The minimum Gasteiger partial charge on any atom is -0.481 e. The van der Waals surface area contributed by atoms with Gasteiger partial charge in [0.1, 0.15) is 5.60 Å². The number of carbonyl (C=O) groups excluding carboxylic acids is 1. The number of amides is 1. The highest BCUT2D eigenvalue weighted by Crippen LogP contribution is 2.21. The van der Waals surface area contributed by atoms with E-state index < -0.39 is 5.60 Å². The molecule has 9 nitrogen and oxygen atoms in total. The quantitative estimate of drug-likeness (QED) is 0.635. The first-order valence-electron chi connectivity index (χ1n) is 8.71. The van der Waals surface area contributed by atoms with E-state index in [0.717, 1.165) is 11.3 Å². The van der Waals surface area contributed by atoms with Gasteiger partial charge in [0.15, 0.2) is 5.96 Å². The summed E-state index contributed by atoms with van der Waals surface area (Å²) >= 11 is 0. The number of methoxy groups -OCH3 is 1. The third-order valence-corrected chi connectivity index (χ3v) is 4.14. The van der Waals surface area contributed by atoms with E-state index in [1.54, 1.807) is 16.7 Å². The van der Waals surface area contributed by atoms with Crippen molar-refractivity contribution in [2.45, 2.75) is 39.8 Å². The van der Waals surface area contributed by atoms with Gasteiger partial charge in [-0.1, -0.05) is 0 Å². The molecule has 1 aliphatic rings. The lowest BCUT2D eigenvalue weighted by molar-refractivity contribution is 0.0186. The number of nitrogens with zero attached hydrogens (tertiary/aromatic N) is 5. The molecule has 1 fully saturated rings. The van der Waals surface area contributed by atoms with Gasteiger partial charge in [-0.3, -0.25) is 0 Å². The van der Waals surface area contributed by atoms with Crippen LogP contribution in [0.25, 0.3) is 0 Å². The van der Waals surface area contributed by atoms with E-state index in [-0.39, 0.29) is 6.09 Å². The minimum atomic E-state index is -0.491. The molecular formula is C17H30N6O3. The Labute approximate surface area is 154 Å². The summed E-state index contributed by atoms with van der Waals surface area (Å²) in [7, 11) is 3.45. The van der Waals surface area contributed by atoms with Crippen LogP contribution in [0.15, 0.2) is 4.99 Å². The molecule has 1 aliphatic heterocycles. The van der Waals surface area contributed by atoms with Crippen molar-refractivity contribution in [2.75, 3.05) is 33.3 Å². The summed E-state index contributed by atoms with van der Waals surface area (Å²) in [5.41, 5.74) is 7.44. The van der Waals surface area contributed by atoms with Gasteiger partial charge >= 0.3 is 6.09 Å². The molecule has 26 heavy (non-hydrogen) atoms. The van der Waals surface area contributed by atoms with Gasteiger partial charge in [0.05, 0.1) is 24.9 Å². The van der Waals surface area contributed by atoms with Crippen molar-refractivity contribution in [3.63, 3.8) is 0 Å². The minimum absolute atomic E-state index is 0.289. The second-order valence-corrected chi connectivity index (χ2v) is 7.33. The van der Waals surface area contributed by atoms with Gasteiger partial charge in [-0.05, 0) is 27.7 Å². The molecule has 0 saturated carbocycles. The molecule has 1 aromatic heterocycles. The zero-order valence-electron chi connectivity index (χ0n) is 16.6. The van der Waals surface area contributed by atoms with Gasteiger partial charge in [0, 0.05) is 33.2 Å². The van der Waals surface area contributed by atoms with Crippen molar-refractivity contribution in [3.8, 4) is 5.88 Å². The fraction of sp³-hybridized carbons (Fsp3) is 0.706. The smallest absolute Gasteiger partial charge is 0.410 e. The number of nitrogens with two attached hydrogens (primary N) is 1. The zero-order valence-corrected chi connectivity index (χ0v) is 16.6. The number of piperazine rings is 1. The average molecular weight is 366 g/mol. The van der Waals surface area contributed by atoms with Gasteiger partial charge < -0.3 is 25.0 Å². The maximum atomic E-state index is 12.1. The molecule has 0 aliphatic carbocycles. The Bertz CT molecular complexity index is 669. The first-order valence-corrected chi connectivity index (χ1v) is 8.71. The predicted octanol–water partition coefficient (Wildman–Crippen LogP) is 1.10. The Balaban J connectivity index is 1.93. The maximum Gasteiger partial charge on any atom is 0.410 e. The Morgan fingerprint density at radius 1 is 1.23 bits per heavy atom. The number of hydrogen-bond donors (Lipinski definition) is 1. The van der Waals surface area contributed by atoms with Crippen LogP contribution < -0.4 is 10.5 Å². The van der Waals surface area contributed by atoms with Gasteiger partial charge in [0.25, 0.3) is 0 Å². The number of aromatic nitrogens is 2. The topological polar surface area (TPSA) is 98.2 Å². The SMILES string of the molecule is COc1c(CN=C(N)N2CCN(C(=O)OC(C)(C)C)CC2)c(C)nn1C. The molecule has 1 saturated heterocycles. The molecule has 2 rings (SSSR count). The summed E-state index contributed by atoms with van der Waals surface area (Å²) < 4.78 is 12.5. The second-order valence-electron chi connectivity index (χ2n) is 7.33. The van der Waals surface area contributed by atoms with Crippen LogP contribution in [-0.4, -0.2) is 70.5 Å². The summed E-state index contributed by atoms with van der Waals surface area (Å²) in [5.74, 6) is 1.15. The van der Waals surface area contributed by atoms with E-state index in [9.17, 15) is 4.79 Å². The van der Waals surface area contributed by atoms with E-state index in [1.807, 2.05) is 39.6 Å². The largest absolute Gasteiger partial charge is 0.481 e. The lowest BCUT2D eigenvalue weighted by atomic mass is 10.2. The van der Waals surface area contributed by atoms with E-state index in [0.29, 0.717) is 44.6 Å². The molecular weight excluding hydrogens is 336 g/mol. The normalized spacial score (nSPS) is 16.0. The summed E-state index contributed by atoms with van der Waals surface area (Å²) in [5, 5.41) is 4.34. The van der Waals surface area contributed by atoms with Crippen LogP contribution in [0.3, 0.4) is 0 Å². The lowest BCUT2D eigenvalue weighted by Gasteiger charge is -2.36. The van der Waals surface area contributed by atoms with E-state index in [1.165, 1.54) is 0 Å². The Kier molecular flexibility index (Phi) is 5.99. The molecule has 0 unspecified atom stereocenters. The monoisotopic (exact) mass is 366 g/mol. The summed E-state index contributed by atoms with van der Waals surface area (Å²) in [4.78, 5) is 20.3. The van der Waals surface area contributed by atoms with Gasteiger partial charge in [-0.25, -0.2) is 14.5 Å². The van der Waals surface area contributed by atoms with E-state index in [2.05, 4.69) is 10.1 Å². The number of guanidine groups is 1. The molecule has 0 atom stereocenters. The standard InChI is InChI=1S/C17H30N6O3/c1-12-13(14(25-6)21(5)20-12)11-19-15(18)22-7-9-23(10-8-22)16(24)26-17(2,3)4/h7-11H2,1-6H3,(H2,18,19). The molecule has 2 N–H and O–H groups in total. The number of aliphatic imine (C=N–C) groups is 1. The maximum absolute atomic E-state index is 12.1. The van der Waals surface area contributed by atoms with Crippen LogP contribution >= 0.6 is 0 Å². The van der Waals surface area contributed by atoms with Crippen molar-refractivity contribution >= 4 is 12.1 Å². The van der Waals surface area contributed by atoms with Crippen LogP contribution in [0.4, 0.5) is 4.79 Å². The van der Waals surface area contributed by atoms with Crippen molar-refractivity contribution in [1.82, 2.24) is 19.6 Å². The molecule has 1 amide bonds. The summed E-state index contributed by atoms with van der Waals surface area (Å²) in [6.45, 7) is 10.3. The average Bonchev–Trinajstić information content (AvgIpc) is 2.83. The highest BCUT2D eigenvalue weighted by atomic mass is 16.6. The third-order valence-electron chi connectivity index (χ3n) is 4.14. The van der Waals surface area contributed by atoms with Crippen molar-refractivity contribution < 1.29 is 14.3 Å². The van der Waals surface area contributed by atoms with Gasteiger partial charge in [-0.2, -0.15) is 5.10 Å². The molecule has 1 aromatic rings. The van der Waals surface area contributed by atoms with Crippen LogP contribution in [0.2, 0.25) is 0 Å². The first kappa shape index (κ1) is 19.9. The predicted molar refractivity (Wildman–Crippen MR) is 99.2 cm³/mol. The van der Waals surface area contributed by atoms with Crippen molar-refractivity contribution in [2.24, 2.45) is 17.8 Å². The first-order chi connectivity index (χ1) is 12.1. The van der Waals surface area contributed by atoms with Gasteiger partial charge in [-0.15, -0.1) is 0 Å². The molecule has 146 valence electrons. The third kappa shape index (κ3) is 4.80. The summed E-state index contributed by atoms with van der Waals surface area (Å²) in [6.07, 6.45) is -0.289. The molecule has 0 radical (unpaired) electrons. The van der Waals surface area contributed by atoms with Crippen LogP contribution in [-0.2, 0) is 18.3 Å². The summed E-state index contributed by atoms with van der Waals surface area (Å²) in [6, 6.07) is 0. The molecule has 2 heterocycles. The van der Waals surface area contributed by atoms with E-state index >= 15 is 0 Å². The number of ether oxygens (including phenoxy) is 2. The number of rotatable bonds is 3. The van der Waals surface area contributed by atoms with Crippen LogP contribution in [0.5, 0.6) is 5.88 Å². The second kappa shape index (κ2) is 7.84. The highest BCUT2D eigenvalue weighted by molar-refractivity contribution is 5.78. The molecule has 0 bridgehead atoms. The fourth-order valence-corrected chi connectivity index (χ4v) is 2.82. The van der Waals surface area contributed by atoms with E-state index in [4.69, 9.17) is 15.2 Å². The molecule has 0 aromatic carbocycles. The zero-order chi connectivity index (χ0) is 19.5. The number of aryl methyl sites for hydroxylation is 2. The van der Waals surface area contributed by atoms with Gasteiger partial charge in [0.2, 0.25) is 5.88 Å². The number of hydrogen-bond acceptors (Lipinski definition) is 5. The Morgan fingerprint density at radius 2 is 1.81 bits per heavy atom. The lowest BCUT2D eigenvalue weighted by Crippen LogP contribution is -2.53.